The van der Waals surface area contributed by atoms with Crippen molar-refractivity contribution in [3.63, 3.8) is 0 Å². The van der Waals surface area contributed by atoms with Gasteiger partial charge in [0.05, 0.1) is 36.1 Å². The molecule has 1 saturated carbocycles. The summed E-state index contributed by atoms with van der Waals surface area (Å²) in [5.74, 6) is 3.22. The fourth-order valence-corrected chi connectivity index (χ4v) is 6.64. The van der Waals surface area contributed by atoms with Gasteiger partial charge in [0, 0.05) is 44.8 Å². The molecule has 1 aliphatic carbocycles. The maximum absolute atomic E-state index is 13.1. The Hall–Kier alpha value is -1.71. The highest BCUT2D eigenvalue weighted by atomic mass is 35.5. The number of halogens is 1. The Balaban J connectivity index is 1.35. The van der Waals surface area contributed by atoms with Crippen molar-refractivity contribution in [2.45, 2.75) is 71.9 Å². The van der Waals surface area contributed by atoms with Gasteiger partial charge in [0.2, 0.25) is 5.91 Å². The van der Waals surface area contributed by atoms with Gasteiger partial charge in [0.15, 0.2) is 0 Å². The standard InChI is InChI=1S/C31H49ClN4O4/c1-18(2)21(9-20-10-26(32)28-14-34-30(36(28)15-20)7-6-8-39-5)11-27(33)29(37)12-22(19(3)4)31(38)35-13-23-24-16-40-17-25(23)24/h10,14-15,18-19,21-25,27,29,37H,6-9,11-13,16-17,33H2,1-5H3,(H,35,38)/t21-,22-,23?,24-,25+,27-,29-/m0/s1. The van der Waals surface area contributed by atoms with E-state index in [9.17, 15) is 9.90 Å². The summed E-state index contributed by atoms with van der Waals surface area (Å²) < 4.78 is 12.8. The van der Waals surface area contributed by atoms with Crippen molar-refractivity contribution >= 4 is 23.0 Å². The lowest BCUT2D eigenvalue weighted by molar-refractivity contribution is -0.127. The molecule has 224 valence electrons. The fourth-order valence-electron chi connectivity index (χ4n) is 6.36. The van der Waals surface area contributed by atoms with Crippen LogP contribution in [0.15, 0.2) is 18.5 Å². The molecular weight excluding hydrogens is 528 g/mol. The summed E-state index contributed by atoms with van der Waals surface area (Å²) in [7, 11) is 1.71. The van der Waals surface area contributed by atoms with Crippen LogP contribution in [0.2, 0.25) is 5.02 Å². The van der Waals surface area contributed by atoms with Crippen molar-refractivity contribution in [1.29, 1.82) is 0 Å². The number of hydrogen-bond donors (Lipinski definition) is 3. The molecule has 2 aliphatic rings. The van der Waals surface area contributed by atoms with Gasteiger partial charge in [-0.15, -0.1) is 0 Å². The van der Waals surface area contributed by atoms with Crippen LogP contribution in [0.25, 0.3) is 5.52 Å². The molecule has 8 nitrogen and oxygen atoms in total. The third kappa shape index (κ3) is 7.57. The molecule has 3 heterocycles. The van der Waals surface area contributed by atoms with Crippen molar-refractivity contribution in [3.05, 3.63) is 34.9 Å². The van der Waals surface area contributed by atoms with Crippen LogP contribution in [-0.4, -0.2) is 66.0 Å². The minimum absolute atomic E-state index is 0.0251. The first-order valence-electron chi connectivity index (χ1n) is 15.0. The summed E-state index contributed by atoms with van der Waals surface area (Å²) in [6.45, 7) is 11.5. The summed E-state index contributed by atoms with van der Waals surface area (Å²) in [4.78, 5) is 17.7. The van der Waals surface area contributed by atoms with Gasteiger partial charge in [-0.2, -0.15) is 0 Å². The van der Waals surface area contributed by atoms with Crippen molar-refractivity contribution in [3.8, 4) is 0 Å². The molecule has 0 bridgehead atoms. The van der Waals surface area contributed by atoms with Gasteiger partial charge >= 0.3 is 0 Å². The molecule has 0 radical (unpaired) electrons. The second-order valence-corrected chi connectivity index (χ2v) is 13.2. The zero-order chi connectivity index (χ0) is 29.0. The minimum atomic E-state index is -0.750. The molecule has 2 aromatic rings. The number of hydrogen-bond acceptors (Lipinski definition) is 6. The number of aliphatic hydroxyl groups is 1. The Labute approximate surface area is 244 Å². The van der Waals surface area contributed by atoms with Crippen molar-refractivity contribution in [1.82, 2.24) is 14.7 Å². The molecule has 1 aliphatic heterocycles. The lowest BCUT2D eigenvalue weighted by Crippen LogP contribution is -2.43. The van der Waals surface area contributed by atoms with Crippen LogP contribution in [0.1, 0.15) is 58.3 Å². The van der Waals surface area contributed by atoms with E-state index in [4.69, 9.17) is 26.8 Å². The minimum Gasteiger partial charge on any atom is -0.391 e. The Morgan fingerprint density at radius 1 is 1.25 bits per heavy atom. The maximum Gasteiger partial charge on any atom is 0.223 e. The lowest BCUT2D eigenvalue weighted by atomic mass is 9.81. The highest BCUT2D eigenvalue weighted by Crippen LogP contribution is 2.50. The normalized spacial score (nSPS) is 23.4. The number of nitrogens with zero attached hydrogens (tertiary/aromatic N) is 2. The second kappa shape index (κ2) is 14.0. The molecule has 1 amide bonds. The number of nitrogens with two attached hydrogens (primary N) is 1. The Morgan fingerprint density at radius 2 is 1.98 bits per heavy atom. The average molecular weight is 577 g/mol. The number of aliphatic hydroxyl groups excluding tert-OH is 1. The average Bonchev–Trinajstić information content (AvgIpc) is 3.21. The monoisotopic (exact) mass is 576 g/mol. The quantitative estimate of drug-likeness (QED) is 0.259. The number of imidazole rings is 1. The molecule has 9 heteroatoms. The van der Waals surface area contributed by atoms with Gasteiger partial charge in [-0.3, -0.25) is 4.79 Å². The van der Waals surface area contributed by atoms with E-state index in [1.54, 1.807) is 7.11 Å². The number of aryl methyl sites for hydroxylation is 1. The van der Waals surface area contributed by atoms with E-state index in [1.165, 1.54) is 0 Å². The molecule has 4 N–H and O–H groups in total. The Morgan fingerprint density at radius 3 is 2.62 bits per heavy atom. The van der Waals surface area contributed by atoms with E-state index in [0.29, 0.717) is 54.7 Å². The molecule has 0 aromatic carbocycles. The summed E-state index contributed by atoms with van der Waals surface area (Å²) in [6, 6.07) is 1.60. The number of amides is 1. The van der Waals surface area contributed by atoms with Gasteiger partial charge in [0.25, 0.3) is 0 Å². The SMILES string of the molecule is COCCCc1ncc2c(Cl)cc(C[C@@H](C[C@H](N)[C@@H](O)C[C@H](C(=O)NCC3[C@H]4COC[C@@H]34)C(C)C)C(C)C)cn12. The van der Waals surface area contributed by atoms with Crippen molar-refractivity contribution in [2.75, 3.05) is 33.5 Å². The van der Waals surface area contributed by atoms with Crippen LogP contribution in [0.3, 0.4) is 0 Å². The van der Waals surface area contributed by atoms with E-state index in [-0.39, 0.29) is 23.7 Å². The zero-order valence-corrected chi connectivity index (χ0v) is 25.6. The number of pyridine rings is 1. The number of aromatic nitrogens is 2. The Bertz CT molecular complexity index is 1110. The smallest absolute Gasteiger partial charge is 0.223 e. The van der Waals surface area contributed by atoms with E-state index >= 15 is 0 Å². The van der Waals surface area contributed by atoms with E-state index in [0.717, 1.165) is 49.4 Å². The molecule has 40 heavy (non-hydrogen) atoms. The van der Waals surface area contributed by atoms with E-state index < -0.39 is 12.1 Å². The third-order valence-electron chi connectivity index (χ3n) is 9.26. The molecule has 1 saturated heterocycles. The highest BCUT2D eigenvalue weighted by molar-refractivity contribution is 6.33. The predicted octanol–water partition coefficient (Wildman–Crippen LogP) is 4.13. The van der Waals surface area contributed by atoms with Crippen LogP contribution in [-0.2, 0) is 27.1 Å². The number of fused-ring (bicyclic) bond motifs is 2. The molecule has 1 unspecified atom stereocenters. The molecule has 0 spiro atoms. The molecule has 2 aromatic heterocycles. The number of carbonyl (C=O) groups excluding carboxylic acids is 1. The molecule has 4 rings (SSSR count). The van der Waals surface area contributed by atoms with Gasteiger partial charge < -0.3 is 30.0 Å². The number of nitrogens with one attached hydrogen (secondary N) is 1. The van der Waals surface area contributed by atoms with Gasteiger partial charge in [-0.25, -0.2) is 4.98 Å². The van der Waals surface area contributed by atoms with Crippen LogP contribution in [0, 0.1) is 41.4 Å². The number of carbonyl (C=O) groups is 1. The predicted molar refractivity (Wildman–Crippen MR) is 158 cm³/mol. The number of methoxy groups -OCH3 is 1. The first kappa shape index (κ1) is 31.2. The van der Waals surface area contributed by atoms with Gasteiger partial charge in [0.1, 0.15) is 5.82 Å². The topological polar surface area (TPSA) is 111 Å². The van der Waals surface area contributed by atoms with Crippen LogP contribution in [0.5, 0.6) is 0 Å². The van der Waals surface area contributed by atoms with Crippen LogP contribution in [0.4, 0.5) is 0 Å². The van der Waals surface area contributed by atoms with Gasteiger partial charge in [-0.1, -0.05) is 39.3 Å². The summed E-state index contributed by atoms with van der Waals surface area (Å²) in [5, 5.41) is 15.0. The van der Waals surface area contributed by atoms with Crippen molar-refractivity contribution in [2.24, 2.45) is 47.2 Å². The summed E-state index contributed by atoms with van der Waals surface area (Å²) >= 11 is 6.65. The van der Waals surface area contributed by atoms with E-state index in [2.05, 4.69) is 34.7 Å². The number of rotatable bonds is 16. The lowest BCUT2D eigenvalue weighted by Gasteiger charge is -2.30. The van der Waals surface area contributed by atoms with Crippen molar-refractivity contribution < 1.29 is 19.4 Å². The maximum atomic E-state index is 13.1. The van der Waals surface area contributed by atoms with Crippen LogP contribution < -0.4 is 11.1 Å². The molecule has 7 atom stereocenters. The first-order chi connectivity index (χ1) is 19.1. The first-order valence-corrected chi connectivity index (χ1v) is 15.4. The largest absolute Gasteiger partial charge is 0.391 e. The third-order valence-corrected chi connectivity index (χ3v) is 9.57. The van der Waals surface area contributed by atoms with E-state index in [1.807, 2.05) is 26.1 Å². The summed E-state index contributed by atoms with van der Waals surface area (Å²) in [6.07, 6.45) is 6.74. The summed E-state index contributed by atoms with van der Waals surface area (Å²) in [5.41, 5.74) is 8.63. The molecular formula is C31H49ClN4O4. The highest BCUT2D eigenvalue weighted by Gasteiger charge is 2.53. The van der Waals surface area contributed by atoms with Gasteiger partial charge in [-0.05, 0) is 72.8 Å². The molecule has 2 fully saturated rings. The fraction of sp³-hybridized carbons (Fsp3) is 0.742. The number of ether oxygens (including phenoxy) is 2. The Kier molecular flexibility index (Phi) is 10.9. The second-order valence-electron chi connectivity index (χ2n) is 12.8. The van der Waals surface area contributed by atoms with Crippen LogP contribution >= 0.6 is 11.6 Å². The zero-order valence-electron chi connectivity index (χ0n) is 24.8.